The van der Waals surface area contributed by atoms with Crippen LogP contribution in [0.15, 0.2) is 30.7 Å². The van der Waals surface area contributed by atoms with Crippen LogP contribution >= 0.6 is 0 Å². The number of rotatable bonds is 8. The van der Waals surface area contributed by atoms with Gasteiger partial charge in [-0.25, -0.2) is 4.98 Å². The molecule has 3 heterocycles. The van der Waals surface area contributed by atoms with Gasteiger partial charge in [-0.05, 0) is 32.4 Å². The lowest BCUT2D eigenvalue weighted by atomic mass is 10.3. The minimum absolute atomic E-state index is 0.229. The molecule has 0 fully saturated rings. The van der Waals surface area contributed by atoms with Crippen LogP contribution in [0.4, 0.5) is 11.8 Å². The fraction of sp³-hybridized carbons (Fsp3) is 0.500. The lowest BCUT2D eigenvalue weighted by molar-refractivity contribution is 0.183. The van der Waals surface area contributed by atoms with Crippen molar-refractivity contribution >= 4 is 22.9 Å². The molecule has 0 amide bonds. The highest BCUT2D eigenvalue weighted by molar-refractivity contribution is 5.84. The van der Waals surface area contributed by atoms with Crippen molar-refractivity contribution in [3.8, 4) is 0 Å². The number of nitrogens with zero attached hydrogens (tertiary/aromatic N) is 5. The third-order valence-electron chi connectivity index (χ3n) is 4.11. The minimum Gasteiger partial charge on any atom is -0.391 e. The van der Waals surface area contributed by atoms with Crippen LogP contribution in [-0.4, -0.2) is 42.3 Å². The molecule has 3 N–H and O–H groups in total. The molecular formula is C20H31N7O. The molecule has 0 bridgehead atoms. The molecule has 0 saturated carbocycles. The molecule has 8 heteroatoms. The number of anilines is 2. The summed E-state index contributed by atoms with van der Waals surface area (Å²) >= 11 is 0. The maximum absolute atomic E-state index is 9.80. The van der Waals surface area contributed by atoms with Crippen LogP contribution in [0.3, 0.4) is 0 Å². The van der Waals surface area contributed by atoms with Crippen molar-refractivity contribution in [1.29, 1.82) is 0 Å². The van der Waals surface area contributed by atoms with E-state index in [9.17, 15) is 5.11 Å². The first-order valence-corrected chi connectivity index (χ1v) is 9.88. The number of fused-ring (bicyclic) bond motifs is 1. The average Bonchev–Trinajstić information content (AvgIpc) is 3.17. The Labute approximate surface area is 166 Å². The SMILES string of the molecule is CC.CCC(O)CNc1nc(NCc2ccccn2)c2ncn(C(C)C)c2n1. The van der Waals surface area contributed by atoms with Gasteiger partial charge in [0.1, 0.15) is 0 Å². The number of aliphatic hydroxyl groups is 1. The summed E-state index contributed by atoms with van der Waals surface area (Å²) in [5.74, 6) is 1.12. The highest BCUT2D eigenvalue weighted by Gasteiger charge is 2.15. The Hall–Kier alpha value is -2.74. The quantitative estimate of drug-likeness (QED) is 0.544. The normalized spacial score (nSPS) is 11.8. The van der Waals surface area contributed by atoms with E-state index in [4.69, 9.17) is 0 Å². The van der Waals surface area contributed by atoms with Crippen molar-refractivity contribution in [2.24, 2.45) is 0 Å². The lowest BCUT2D eigenvalue weighted by Gasteiger charge is -2.13. The maximum atomic E-state index is 9.80. The Balaban J connectivity index is 0.00000136. The summed E-state index contributed by atoms with van der Waals surface area (Å²) in [6.45, 7) is 11.0. The van der Waals surface area contributed by atoms with Crippen LogP contribution in [0, 0.1) is 0 Å². The first kappa shape index (κ1) is 21.6. The predicted molar refractivity (Wildman–Crippen MR) is 113 cm³/mol. The van der Waals surface area contributed by atoms with E-state index < -0.39 is 6.10 Å². The van der Waals surface area contributed by atoms with Gasteiger partial charge in [-0.15, -0.1) is 0 Å². The zero-order chi connectivity index (χ0) is 20.5. The van der Waals surface area contributed by atoms with Crippen molar-refractivity contribution in [3.63, 3.8) is 0 Å². The summed E-state index contributed by atoms with van der Waals surface area (Å²) in [6, 6.07) is 6.02. The van der Waals surface area contributed by atoms with Gasteiger partial charge in [0.25, 0.3) is 0 Å². The molecule has 0 aliphatic heterocycles. The van der Waals surface area contributed by atoms with Crippen LogP contribution in [0.25, 0.3) is 11.2 Å². The van der Waals surface area contributed by atoms with Crippen molar-refractivity contribution in [2.45, 2.75) is 59.7 Å². The number of imidazole rings is 1. The monoisotopic (exact) mass is 385 g/mol. The fourth-order valence-corrected chi connectivity index (χ4v) is 2.53. The Kier molecular flexibility index (Phi) is 8.13. The van der Waals surface area contributed by atoms with Crippen molar-refractivity contribution in [3.05, 3.63) is 36.4 Å². The molecule has 1 unspecified atom stereocenters. The van der Waals surface area contributed by atoms with Crippen LogP contribution < -0.4 is 10.6 Å². The summed E-state index contributed by atoms with van der Waals surface area (Å²) in [5.41, 5.74) is 2.39. The topological polar surface area (TPSA) is 101 Å². The van der Waals surface area contributed by atoms with Crippen LogP contribution in [0.1, 0.15) is 52.8 Å². The summed E-state index contributed by atoms with van der Waals surface area (Å²) < 4.78 is 2.00. The molecule has 8 nitrogen and oxygen atoms in total. The molecule has 28 heavy (non-hydrogen) atoms. The van der Waals surface area contributed by atoms with Crippen LogP contribution in [0.5, 0.6) is 0 Å². The van der Waals surface area contributed by atoms with E-state index in [0.29, 0.717) is 31.3 Å². The van der Waals surface area contributed by atoms with Gasteiger partial charge in [0.15, 0.2) is 17.0 Å². The Bertz CT molecular complexity index is 848. The van der Waals surface area contributed by atoms with E-state index >= 15 is 0 Å². The molecule has 0 aliphatic rings. The van der Waals surface area contributed by atoms with Gasteiger partial charge < -0.3 is 20.3 Å². The van der Waals surface area contributed by atoms with E-state index in [1.54, 1.807) is 12.5 Å². The number of pyridine rings is 1. The standard InChI is InChI=1S/C18H25N7O.C2H6/c1-4-14(26)10-21-18-23-16(20-9-13-7-5-6-8-19-13)15-17(24-18)25(11-22-15)12(2)3;1-2/h5-8,11-12,14,26H,4,9-10H2,1-3H3,(H2,20,21,23,24);1-2H3. The number of nitrogens with one attached hydrogen (secondary N) is 2. The smallest absolute Gasteiger partial charge is 0.226 e. The van der Waals surface area contributed by atoms with Gasteiger partial charge in [-0.3, -0.25) is 4.98 Å². The number of aromatic nitrogens is 5. The van der Waals surface area contributed by atoms with E-state index in [2.05, 4.69) is 44.4 Å². The Morgan fingerprint density at radius 3 is 2.54 bits per heavy atom. The van der Waals surface area contributed by atoms with Gasteiger partial charge >= 0.3 is 0 Å². The molecule has 0 aromatic carbocycles. The van der Waals surface area contributed by atoms with Gasteiger partial charge in [0.2, 0.25) is 5.95 Å². The largest absolute Gasteiger partial charge is 0.391 e. The second-order valence-corrected chi connectivity index (χ2v) is 6.43. The predicted octanol–water partition coefficient (Wildman–Crippen LogP) is 3.62. The number of aliphatic hydroxyl groups excluding tert-OH is 1. The molecule has 1 atom stereocenters. The van der Waals surface area contributed by atoms with E-state index in [0.717, 1.165) is 16.9 Å². The molecule has 0 saturated heterocycles. The maximum Gasteiger partial charge on any atom is 0.226 e. The lowest BCUT2D eigenvalue weighted by Crippen LogP contribution is -2.20. The van der Waals surface area contributed by atoms with Crippen LogP contribution in [0.2, 0.25) is 0 Å². The minimum atomic E-state index is -0.436. The molecule has 0 radical (unpaired) electrons. The highest BCUT2D eigenvalue weighted by atomic mass is 16.3. The zero-order valence-corrected chi connectivity index (χ0v) is 17.3. The third-order valence-corrected chi connectivity index (χ3v) is 4.11. The third kappa shape index (κ3) is 5.39. The molecule has 0 spiro atoms. The van der Waals surface area contributed by atoms with E-state index in [1.165, 1.54) is 0 Å². The summed E-state index contributed by atoms with van der Waals surface area (Å²) in [7, 11) is 0. The van der Waals surface area contributed by atoms with Gasteiger partial charge in [-0.2, -0.15) is 9.97 Å². The Morgan fingerprint density at radius 1 is 1.11 bits per heavy atom. The van der Waals surface area contributed by atoms with Crippen molar-refractivity contribution in [2.75, 3.05) is 17.2 Å². The van der Waals surface area contributed by atoms with E-state index in [-0.39, 0.29) is 6.04 Å². The summed E-state index contributed by atoms with van der Waals surface area (Å²) in [4.78, 5) is 17.9. The zero-order valence-electron chi connectivity index (χ0n) is 17.3. The second kappa shape index (κ2) is 10.6. The van der Waals surface area contributed by atoms with Gasteiger partial charge in [0.05, 0.1) is 24.7 Å². The van der Waals surface area contributed by atoms with Crippen LogP contribution in [-0.2, 0) is 6.54 Å². The van der Waals surface area contributed by atoms with Crippen molar-refractivity contribution in [1.82, 2.24) is 24.5 Å². The number of hydrogen-bond acceptors (Lipinski definition) is 7. The molecule has 0 aliphatic carbocycles. The molecular weight excluding hydrogens is 354 g/mol. The van der Waals surface area contributed by atoms with Gasteiger partial charge in [0, 0.05) is 18.8 Å². The molecule has 3 aromatic rings. The summed E-state index contributed by atoms with van der Waals surface area (Å²) in [6.07, 6.45) is 3.78. The average molecular weight is 386 g/mol. The fourth-order valence-electron chi connectivity index (χ4n) is 2.53. The Morgan fingerprint density at radius 2 is 1.89 bits per heavy atom. The second-order valence-electron chi connectivity index (χ2n) is 6.43. The molecule has 152 valence electrons. The highest BCUT2D eigenvalue weighted by Crippen LogP contribution is 2.23. The van der Waals surface area contributed by atoms with Crippen molar-refractivity contribution < 1.29 is 5.11 Å². The van der Waals surface area contributed by atoms with Gasteiger partial charge in [-0.1, -0.05) is 26.8 Å². The van der Waals surface area contributed by atoms with E-state index in [1.807, 2.05) is 43.5 Å². The first-order chi connectivity index (χ1) is 13.6. The number of hydrogen-bond donors (Lipinski definition) is 3. The summed E-state index contributed by atoms with van der Waals surface area (Å²) in [5, 5.41) is 16.2. The molecule has 3 aromatic heterocycles. The first-order valence-electron chi connectivity index (χ1n) is 9.88. The molecule has 3 rings (SSSR count).